The second-order valence-electron chi connectivity index (χ2n) is 4.55. The van der Waals surface area contributed by atoms with Crippen LogP contribution >= 0.6 is 11.3 Å². The number of ether oxygens (including phenoxy) is 1. The Kier molecular flexibility index (Phi) is 4.42. The summed E-state index contributed by atoms with van der Waals surface area (Å²) in [6, 6.07) is 0.958. The number of carbonyl (C=O) groups is 2. The number of carboxylic acids is 1. The van der Waals surface area contributed by atoms with Crippen molar-refractivity contribution in [2.75, 3.05) is 13.7 Å². The smallest absolute Gasteiger partial charge is 0.326 e. The zero-order chi connectivity index (χ0) is 13.8. The van der Waals surface area contributed by atoms with Crippen LogP contribution in [0.1, 0.15) is 35.4 Å². The maximum absolute atomic E-state index is 12.4. The average Bonchev–Trinajstić information content (AvgIpc) is 2.74. The van der Waals surface area contributed by atoms with Gasteiger partial charge in [0.15, 0.2) is 0 Å². The van der Waals surface area contributed by atoms with Crippen molar-refractivity contribution in [3.63, 3.8) is 0 Å². The lowest BCUT2D eigenvalue weighted by molar-refractivity contribution is -0.142. The summed E-state index contributed by atoms with van der Waals surface area (Å²) in [6.45, 7) is 0.510. The molecule has 1 amide bonds. The molecule has 1 aliphatic heterocycles. The van der Waals surface area contributed by atoms with Crippen LogP contribution in [0.5, 0.6) is 5.75 Å². The second-order valence-corrected chi connectivity index (χ2v) is 5.46. The fraction of sp³-hybridized carbons (Fsp3) is 0.538. The minimum Gasteiger partial charge on any atom is -0.496 e. The van der Waals surface area contributed by atoms with Crippen molar-refractivity contribution < 1.29 is 19.4 Å². The SMILES string of the molecule is COc1csc(C(=O)N2CCCCCC2C(=O)O)c1. The summed E-state index contributed by atoms with van der Waals surface area (Å²) >= 11 is 1.29. The van der Waals surface area contributed by atoms with Gasteiger partial charge >= 0.3 is 5.97 Å². The van der Waals surface area contributed by atoms with E-state index < -0.39 is 12.0 Å². The van der Waals surface area contributed by atoms with Gasteiger partial charge in [-0.1, -0.05) is 12.8 Å². The maximum Gasteiger partial charge on any atom is 0.326 e. The summed E-state index contributed by atoms with van der Waals surface area (Å²) in [6.07, 6.45) is 3.22. The van der Waals surface area contributed by atoms with Gasteiger partial charge in [-0.3, -0.25) is 4.79 Å². The number of hydrogen-bond acceptors (Lipinski definition) is 4. The van der Waals surface area contributed by atoms with E-state index in [0.29, 0.717) is 23.6 Å². The van der Waals surface area contributed by atoms with Gasteiger partial charge in [0.2, 0.25) is 0 Å². The molecule has 0 spiro atoms. The predicted octanol–water partition coefficient (Wildman–Crippen LogP) is 2.23. The Hall–Kier alpha value is -1.56. The largest absolute Gasteiger partial charge is 0.496 e. The number of carboxylic acid groups (broad SMARTS) is 1. The molecule has 1 aliphatic rings. The van der Waals surface area contributed by atoms with Crippen molar-refractivity contribution in [1.82, 2.24) is 4.90 Å². The van der Waals surface area contributed by atoms with E-state index in [0.717, 1.165) is 19.3 Å². The number of methoxy groups -OCH3 is 1. The van der Waals surface area contributed by atoms with Gasteiger partial charge in [-0.15, -0.1) is 11.3 Å². The zero-order valence-corrected chi connectivity index (χ0v) is 11.6. The van der Waals surface area contributed by atoms with Crippen LogP contribution in [-0.4, -0.2) is 41.6 Å². The zero-order valence-electron chi connectivity index (χ0n) is 10.8. The molecule has 6 heteroatoms. The number of aliphatic carboxylic acids is 1. The molecular formula is C13H17NO4S. The van der Waals surface area contributed by atoms with Crippen LogP contribution in [0.15, 0.2) is 11.4 Å². The Morgan fingerprint density at radius 3 is 2.84 bits per heavy atom. The van der Waals surface area contributed by atoms with E-state index >= 15 is 0 Å². The highest BCUT2D eigenvalue weighted by atomic mass is 32.1. The quantitative estimate of drug-likeness (QED) is 0.923. The van der Waals surface area contributed by atoms with Crippen LogP contribution in [0, 0.1) is 0 Å². The molecule has 1 aromatic rings. The molecule has 1 aromatic heterocycles. The molecule has 0 saturated carbocycles. The molecule has 0 bridgehead atoms. The molecule has 0 radical (unpaired) electrons. The fourth-order valence-corrected chi connectivity index (χ4v) is 3.10. The van der Waals surface area contributed by atoms with Crippen LogP contribution in [0.3, 0.4) is 0 Å². The van der Waals surface area contributed by atoms with Gasteiger partial charge in [0, 0.05) is 18.0 Å². The number of hydrogen-bond donors (Lipinski definition) is 1. The van der Waals surface area contributed by atoms with Crippen LogP contribution in [0.4, 0.5) is 0 Å². The van der Waals surface area contributed by atoms with E-state index in [1.54, 1.807) is 18.6 Å². The lowest BCUT2D eigenvalue weighted by Crippen LogP contribution is -2.44. The lowest BCUT2D eigenvalue weighted by Gasteiger charge is -2.26. The van der Waals surface area contributed by atoms with Gasteiger partial charge in [-0.25, -0.2) is 4.79 Å². The third kappa shape index (κ3) is 3.07. The Labute approximate surface area is 115 Å². The van der Waals surface area contributed by atoms with Crippen molar-refractivity contribution in [3.05, 3.63) is 16.3 Å². The van der Waals surface area contributed by atoms with Crippen LogP contribution in [0.25, 0.3) is 0 Å². The first-order valence-corrected chi connectivity index (χ1v) is 7.17. The van der Waals surface area contributed by atoms with Crippen molar-refractivity contribution in [3.8, 4) is 5.75 Å². The summed E-state index contributed by atoms with van der Waals surface area (Å²) in [5.74, 6) is -0.489. The third-order valence-electron chi connectivity index (χ3n) is 3.32. The minimum absolute atomic E-state index is 0.206. The molecule has 2 heterocycles. The first kappa shape index (κ1) is 13.9. The van der Waals surface area contributed by atoms with Gasteiger partial charge in [0.1, 0.15) is 11.8 Å². The molecular weight excluding hydrogens is 266 g/mol. The highest BCUT2D eigenvalue weighted by Crippen LogP contribution is 2.25. The molecule has 5 nitrogen and oxygen atoms in total. The van der Waals surface area contributed by atoms with Crippen LogP contribution in [0.2, 0.25) is 0 Å². The first-order valence-electron chi connectivity index (χ1n) is 6.30. The maximum atomic E-state index is 12.4. The van der Waals surface area contributed by atoms with E-state index in [1.165, 1.54) is 16.2 Å². The Morgan fingerprint density at radius 2 is 2.21 bits per heavy atom. The average molecular weight is 283 g/mol. The van der Waals surface area contributed by atoms with Crippen molar-refractivity contribution in [2.24, 2.45) is 0 Å². The van der Waals surface area contributed by atoms with Crippen LogP contribution < -0.4 is 4.74 Å². The molecule has 0 aliphatic carbocycles. The molecule has 19 heavy (non-hydrogen) atoms. The summed E-state index contributed by atoms with van der Waals surface area (Å²) in [5, 5.41) is 11.0. The molecule has 1 unspecified atom stereocenters. The number of likely N-dealkylation sites (tertiary alicyclic amines) is 1. The summed E-state index contributed by atoms with van der Waals surface area (Å²) < 4.78 is 5.05. The van der Waals surface area contributed by atoms with Gasteiger partial charge in [-0.2, -0.15) is 0 Å². The molecule has 1 atom stereocenters. The molecule has 0 aromatic carbocycles. The number of rotatable bonds is 3. The fourth-order valence-electron chi connectivity index (χ4n) is 2.29. The Balaban J connectivity index is 2.20. The standard InChI is InChI=1S/C13H17NO4S/c1-18-9-7-11(19-8-9)12(15)14-6-4-2-3-5-10(14)13(16)17/h7-8,10H,2-6H2,1H3,(H,16,17). The summed E-state index contributed by atoms with van der Waals surface area (Å²) in [4.78, 5) is 25.7. The lowest BCUT2D eigenvalue weighted by atomic mass is 10.1. The topological polar surface area (TPSA) is 66.8 Å². The minimum atomic E-state index is -0.918. The number of nitrogens with zero attached hydrogens (tertiary/aromatic N) is 1. The van der Waals surface area contributed by atoms with E-state index in [4.69, 9.17) is 4.74 Å². The van der Waals surface area contributed by atoms with Crippen LogP contribution in [-0.2, 0) is 4.79 Å². The monoisotopic (exact) mass is 283 g/mol. The summed E-state index contributed by atoms with van der Waals surface area (Å²) in [7, 11) is 1.54. The number of amides is 1. The van der Waals surface area contributed by atoms with E-state index in [9.17, 15) is 14.7 Å². The molecule has 104 valence electrons. The Morgan fingerprint density at radius 1 is 1.42 bits per heavy atom. The van der Waals surface area contributed by atoms with Gasteiger partial charge in [0.05, 0.1) is 12.0 Å². The second kappa shape index (κ2) is 6.06. The predicted molar refractivity (Wildman–Crippen MR) is 71.8 cm³/mol. The van der Waals surface area contributed by atoms with Crippen molar-refractivity contribution in [1.29, 1.82) is 0 Å². The van der Waals surface area contributed by atoms with Crippen molar-refractivity contribution in [2.45, 2.75) is 31.7 Å². The van der Waals surface area contributed by atoms with Gasteiger partial charge in [0.25, 0.3) is 5.91 Å². The van der Waals surface area contributed by atoms with E-state index in [2.05, 4.69) is 0 Å². The highest BCUT2D eigenvalue weighted by Gasteiger charge is 2.31. The highest BCUT2D eigenvalue weighted by molar-refractivity contribution is 7.12. The Bertz CT molecular complexity index is 471. The van der Waals surface area contributed by atoms with E-state index in [-0.39, 0.29) is 5.91 Å². The normalized spacial score (nSPS) is 19.8. The van der Waals surface area contributed by atoms with Gasteiger partial charge in [-0.05, 0) is 12.8 Å². The van der Waals surface area contributed by atoms with Crippen molar-refractivity contribution >= 4 is 23.2 Å². The molecule has 1 fully saturated rings. The summed E-state index contributed by atoms with van der Waals surface area (Å²) in [5.41, 5.74) is 0. The van der Waals surface area contributed by atoms with Gasteiger partial charge < -0.3 is 14.7 Å². The first-order chi connectivity index (χ1) is 9.13. The number of carbonyl (C=O) groups excluding carboxylic acids is 1. The molecule has 1 saturated heterocycles. The molecule has 1 N–H and O–H groups in total. The third-order valence-corrected chi connectivity index (χ3v) is 4.22. The molecule has 2 rings (SSSR count). The number of thiophene rings is 1. The van der Waals surface area contributed by atoms with E-state index in [1.807, 2.05) is 0 Å².